The van der Waals surface area contributed by atoms with Crippen LogP contribution in [0.4, 0.5) is 0 Å². The zero-order valence-corrected chi connectivity index (χ0v) is 11.7. The highest BCUT2D eigenvalue weighted by Gasteiger charge is 2.01. The highest BCUT2D eigenvalue weighted by Crippen LogP contribution is 2.10. The van der Waals surface area contributed by atoms with Crippen LogP contribution < -0.4 is 10.1 Å². The number of carbonyl (C=O) groups is 1. The lowest BCUT2D eigenvalue weighted by molar-refractivity contribution is -0.132. The van der Waals surface area contributed by atoms with Crippen LogP contribution in [-0.4, -0.2) is 17.5 Å². The molecule has 1 aromatic heterocycles. The highest BCUT2D eigenvalue weighted by atomic mass is 16.5. The van der Waals surface area contributed by atoms with Crippen molar-refractivity contribution in [1.29, 1.82) is 0 Å². The van der Waals surface area contributed by atoms with E-state index in [1.165, 1.54) is 12.5 Å². The van der Waals surface area contributed by atoms with Gasteiger partial charge < -0.3 is 15.0 Å². The van der Waals surface area contributed by atoms with Crippen molar-refractivity contribution >= 4 is 5.97 Å². The maximum absolute atomic E-state index is 10.8. The average Bonchev–Trinajstić information content (AvgIpc) is 2.86. The van der Waals surface area contributed by atoms with Crippen LogP contribution in [-0.2, 0) is 17.8 Å². The number of benzene rings is 1. The normalized spacial score (nSPS) is 10.4. The standard InChI is InChI=1S/C16H20N2O2/c1-13(19)20-16-10-9-15(18-16)12-17-11-5-8-14-6-3-2-4-7-14/h2-4,6-7,9-10,17-18H,5,8,11-12H2,1H3. The Morgan fingerprint density at radius 3 is 2.75 bits per heavy atom. The molecule has 2 N–H and O–H groups in total. The van der Waals surface area contributed by atoms with E-state index >= 15 is 0 Å². The van der Waals surface area contributed by atoms with E-state index in [9.17, 15) is 4.79 Å². The molecule has 0 aliphatic rings. The van der Waals surface area contributed by atoms with Crippen molar-refractivity contribution < 1.29 is 9.53 Å². The number of hydrogen-bond donors (Lipinski definition) is 2. The number of aromatic amines is 1. The molecule has 0 aliphatic carbocycles. The molecule has 0 atom stereocenters. The Balaban J connectivity index is 1.63. The number of ether oxygens (including phenoxy) is 1. The molecule has 106 valence electrons. The molecule has 4 heteroatoms. The van der Waals surface area contributed by atoms with Crippen molar-refractivity contribution in [2.75, 3.05) is 6.54 Å². The van der Waals surface area contributed by atoms with Gasteiger partial charge in [-0.05, 0) is 31.0 Å². The Labute approximate surface area is 119 Å². The van der Waals surface area contributed by atoms with E-state index in [2.05, 4.69) is 34.6 Å². The van der Waals surface area contributed by atoms with Gasteiger partial charge in [-0.15, -0.1) is 0 Å². The number of rotatable bonds is 7. The van der Waals surface area contributed by atoms with Gasteiger partial charge in [-0.3, -0.25) is 4.79 Å². The number of H-pyrrole nitrogens is 1. The van der Waals surface area contributed by atoms with Crippen LogP contribution in [0.2, 0.25) is 0 Å². The Morgan fingerprint density at radius 2 is 2.00 bits per heavy atom. The maximum Gasteiger partial charge on any atom is 0.309 e. The fourth-order valence-electron chi connectivity index (χ4n) is 2.02. The fourth-order valence-corrected chi connectivity index (χ4v) is 2.02. The molecule has 2 rings (SSSR count). The summed E-state index contributed by atoms with van der Waals surface area (Å²) < 4.78 is 4.96. The Hall–Kier alpha value is -2.07. The maximum atomic E-state index is 10.8. The lowest BCUT2D eigenvalue weighted by Gasteiger charge is -2.04. The molecule has 0 saturated carbocycles. The molecule has 20 heavy (non-hydrogen) atoms. The van der Waals surface area contributed by atoms with Gasteiger partial charge in [0, 0.05) is 25.2 Å². The van der Waals surface area contributed by atoms with E-state index in [0.717, 1.165) is 31.6 Å². The Morgan fingerprint density at radius 1 is 1.20 bits per heavy atom. The first-order chi connectivity index (χ1) is 9.74. The summed E-state index contributed by atoms with van der Waals surface area (Å²) in [7, 11) is 0. The summed E-state index contributed by atoms with van der Waals surface area (Å²) in [5.74, 6) is 0.188. The third-order valence-corrected chi connectivity index (χ3v) is 2.95. The molecule has 0 radical (unpaired) electrons. The van der Waals surface area contributed by atoms with Crippen LogP contribution in [0.5, 0.6) is 5.88 Å². The van der Waals surface area contributed by atoms with Crippen LogP contribution in [0.3, 0.4) is 0 Å². The number of aryl methyl sites for hydroxylation is 1. The number of esters is 1. The number of aromatic nitrogens is 1. The number of hydrogen-bond acceptors (Lipinski definition) is 3. The average molecular weight is 272 g/mol. The van der Waals surface area contributed by atoms with E-state index < -0.39 is 0 Å². The van der Waals surface area contributed by atoms with Gasteiger partial charge in [-0.1, -0.05) is 30.3 Å². The first kappa shape index (κ1) is 14.3. The molecular weight excluding hydrogens is 252 g/mol. The topological polar surface area (TPSA) is 54.1 Å². The zero-order chi connectivity index (χ0) is 14.2. The van der Waals surface area contributed by atoms with Gasteiger partial charge in [0.25, 0.3) is 0 Å². The quantitative estimate of drug-likeness (QED) is 0.602. The van der Waals surface area contributed by atoms with Crippen LogP contribution >= 0.6 is 0 Å². The third kappa shape index (κ3) is 4.90. The minimum Gasteiger partial charge on any atom is -0.410 e. The second-order valence-corrected chi connectivity index (χ2v) is 4.71. The van der Waals surface area contributed by atoms with Gasteiger partial charge in [0.15, 0.2) is 0 Å². The molecule has 0 aliphatic heterocycles. The van der Waals surface area contributed by atoms with E-state index in [1.54, 1.807) is 6.07 Å². The SMILES string of the molecule is CC(=O)Oc1ccc(CNCCCc2ccccc2)[nH]1. The molecule has 1 heterocycles. The van der Waals surface area contributed by atoms with Gasteiger partial charge in [0.1, 0.15) is 0 Å². The van der Waals surface area contributed by atoms with E-state index in [1.807, 2.05) is 12.1 Å². The predicted octanol–water partition coefficient (Wildman–Crippen LogP) is 2.66. The summed E-state index contributed by atoms with van der Waals surface area (Å²) in [6.07, 6.45) is 2.18. The second kappa shape index (κ2) is 7.50. The van der Waals surface area contributed by atoms with Crippen molar-refractivity contribution in [2.45, 2.75) is 26.3 Å². The molecule has 0 saturated heterocycles. The minimum absolute atomic E-state index is 0.311. The van der Waals surface area contributed by atoms with Crippen molar-refractivity contribution in [3.8, 4) is 5.88 Å². The van der Waals surface area contributed by atoms with Crippen LogP contribution in [0.15, 0.2) is 42.5 Å². The van der Waals surface area contributed by atoms with Gasteiger partial charge in [0.05, 0.1) is 0 Å². The summed E-state index contributed by atoms with van der Waals surface area (Å²) in [6, 6.07) is 14.2. The number of carbonyl (C=O) groups excluding carboxylic acids is 1. The summed E-state index contributed by atoms with van der Waals surface area (Å²) in [4.78, 5) is 13.8. The predicted molar refractivity (Wildman–Crippen MR) is 78.6 cm³/mol. The van der Waals surface area contributed by atoms with Crippen molar-refractivity contribution in [1.82, 2.24) is 10.3 Å². The second-order valence-electron chi connectivity index (χ2n) is 4.71. The summed E-state index contributed by atoms with van der Waals surface area (Å²) >= 11 is 0. The van der Waals surface area contributed by atoms with Gasteiger partial charge in [-0.25, -0.2) is 0 Å². The van der Waals surface area contributed by atoms with Gasteiger partial charge >= 0.3 is 5.97 Å². The Kier molecular flexibility index (Phi) is 5.38. The van der Waals surface area contributed by atoms with Crippen LogP contribution in [0.25, 0.3) is 0 Å². The minimum atomic E-state index is -0.311. The highest BCUT2D eigenvalue weighted by molar-refractivity contribution is 5.68. The number of nitrogens with one attached hydrogen (secondary N) is 2. The zero-order valence-electron chi connectivity index (χ0n) is 11.7. The Bertz CT molecular complexity index is 534. The molecule has 2 aromatic rings. The molecule has 0 amide bonds. The van der Waals surface area contributed by atoms with Gasteiger partial charge in [0.2, 0.25) is 5.88 Å². The smallest absolute Gasteiger partial charge is 0.309 e. The molecular formula is C16H20N2O2. The van der Waals surface area contributed by atoms with Crippen molar-refractivity contribution in [2.24, 2.45) is 0 Å². The summed E-state index contributed by atoms with van der Waals surface area (Å²) in [5, 5.41) is 3.37. The lowest BCUT2D eigenvalue weighted by atomic mass is 10.1. The van der Waals surface area contributed by atoms with E-state index in [-0.39, 0.29) is 5.97 Å². The van der Waals surface area contributed by atoms with Crippen LogP contribution in [0, 0.1) is 0 Å². The summed E-state index contributed by atoms with van der Waals surface area (Å²) in [5.41, 5.74) is 2.38. The van der Waals surface area contributed by atoms with Crippen molar-refractivity contribution in [3.05, 3.63) is 53.7 Å². The third-order valence-electron chi connectivity index (χ3n) is 2.95. The van der Waals surface area contributed by atoms with E-state index in [0.29, 0.717) is 5.88 Å². The van der Waals surface area contributed by atoms with Crippen LogP contribution in [0.1, 0.15) is 24.6 Å². The molecule has 0 unspecified atom stereocenters. The molecule has 0 spiro atoms. The first-order valence-corrected chi connectivity index (χ1v) is 6.85. The summed E-state index contributed by atoms with van der Waals surface area (Å²) in [6.45, 7) is 3.09. The molecule has 0 fully saturated rings. The molecule has 1 aromatic carbocycles. The largest absolute Gasteiger partial charge is 0.410 e. The first-order valence-electron chi connectivity index (χ1n) is 6.85. The molecule has 0 bridgehead atoms. The van der Waals surface area contributed by atoms with Crippen molar-refractivity contribution in [3.63, 3.8) is 0 Å². The van der Waals surface area contributed by atoms with E-state index in [4.69, 9.17) is 4.74 Å². The monoisotopic (exact) mass is 272 g/mol. The lowest BCUT2D eigenvalue weighted by Crippen LogP contribution is -2.15. The fraction of sp³-hybridized carbons (Fsp3) is 0.312. The molecule has 4 nitrogen and oxygen atoms in total. The van der Waals surface area contributed by atoms with Gasteiger partial charge in [-0.2, -0.15) is 0 Å².